The highest BCUT2D eigenvalue weighted by atomic mass is 16.6. The van der Waals surface area contributed by atoms with Crippen LogP contribution < -0.4 is 0 Å². The molecule has 0 aliphatic carbocycles. The average Bonchev–Trinajstić information content (AvgIpc) is 3.05. The molecular weight excluding hydrogens is 286 g/mol. The lowest BCUT2D eigenvalue weighted by atomic mass is 10.0. The highest BCUT2D eigenvalue weighted by Gasteiger charge is 2.30. The van der Waals surface area contributed by atoms with Crippen molar-refractivity contribution in [2.75, 3.05) is 6.61 Å². The van der Waals surface area contributed by atoms with Gasteiger partial charge in [-0.25, -0.2) is 4.79 Å². The van der Waals surface area contributed by atoms with Crippen LogP contribution in [0, 0.1) is 13.8 Å². The van der Waals surface area contributed by atoms with E-state index in [0.717, 1.165) is 6.42 Å². The summed E-state index contributed by atoms with van der Waals surface area (Å²) in [5.41, 5.74) is 2.07. The van der Waals surface area contributed by atoms with E-state index in [0.29, 0.717) is 35.5 Å². The number of nitrogens with one attached hydrogen (secondary N) is 1. The Hall–Kier alpha value is -1.95. The molecule has 2 atom stereocenters. The van der Waals surface area contributed by atoms with Crippen molar-refractivity contribution in [1.29, 1.82) is 0 Å². The molecule has 1 aliphatic rings. The van der Waals surface area contributed by atoms with Gasteiger partial charge in [0, 0.05) is 17.9 Å². The lowest BCUT2D eigenvalue weighted by molar-refractivity contribution is -0.156. The largest absolute Gasteiger partial charge is 0.452 e. The number of esters is 1. The molecule has 1 aromatic heterocycles. The van der Waals surface area contributed by atoms with E-state index in [1.54, 1.807) is 13.8 Å². The van der Waals surface area contributed by atoms with Crippen molar-refractivity contribution in [3.63, 3.8) is 0 Å². The number of hydrogen-bond acceptors (Lipinski definition) is 5. The third kappa shape index (κ3) is 3.11. The van der Waals surface area contributed by atoms with Gasteiger partial charge >= 0.3 is 5.97 Å². The van der Waals surface area contributed by atoms with E-state index in [-0.39, 0.29) is 11.6 Å². The van der Waals surface area contributed by atoms with Crippen molar-refractivity contribution < 1.29 is 23.9 Å². The predicted octanol–water partition coefficient (Wildman–Crippen LogP) is 2.13. The van der Waals surface area contributed by atoms with E-state index in [1.807, 2.05) is 0 Å². The zero-order chi connectivity index (χ0) is 16.4. The standard InChI is InChI=1S/C16H21NO5/c1-8-13(10(3)18)9(2)17-14(8)15(19)11(4)22-16(20)12-6-5-7-21-12/h11-12,17H,5-7H2,1-4H3/t11-,12-/m1/s1. The number of Topliss-reactive ketones (excluding diaryl/α,β-unsaturated/α-hetero) is 2. The van der Waals surface area contributed by atoms with Crippen LogP contribution in [0.1, 0.15) is 58.8 Å². The van der Waals surface area contributed by atoms with Crippen LogP contribution in [0.4, 0.5) is 0 Å². The van der Waals surface area contributed by atoms with Gasteiger partial charge in [-0.1, -0.05) is 0 Å². The van der Waals surface area contributed by atoms with E-state index in [9.17, 15) is 14.4 Å². The molecule has 0 unspecified atom stereocenters. The molecule has 1 fully saturated rings. The Labute approximate surface area is 129 Å². The molecular formula is C16H21NO5. The predicted molar refractivity (Wildman–Crippen MR) is 79.1 cm³/mol. The molecule has 0 spiro atoms. The lowest BCUT2D eigenvalue weighted by Crippen LogP contribution is -2.31. The fraction of sp³-hybridized carbons (Fsp3) is 0.562. The molecule has 1 aliphatic heterocycles. The first-order valence-electron chi connectivity index (χ1n) is 7.39. The molecule has 22 heavy (non-hydrogen) atoms. The smallest absolute Gasteiger partial charge is 0.335 e. The first-order chi connectivity index (χ1) is 10.3. The summed E-state index contributed by atoms with van der Waals surface area (Å²) in [7, 11) is 0. The molecule has 0 radical (unpaired) electrons. The number of ketones is 2. The molecule has 1 aromatic rings. The summed E-state index contributed by atoms with van der Waals surface area (Å²) in [4.78, 5) is 38.9. The van der Waals surface area contributed by atoms with Crippen LogP contribution in [0.3, 0.4) is 0 Å². The zero-order valence-electron chi connectivity index (χ0n) is 13.3. The third-order valence-electron chi connectivity index (χ3n) is 3.89. The number of aromatic nitrogens is 1. The van der Waals surface area contributed by atoms with Crippen LogP contribution in [0.5, 0.6) is 0 Å². The molecule has 2 rings (SSSR count). The number of ether oxygens (including phenoxy) is 2. The first kappa shape index (κ1) is 16.4. The van der Waals surface area contributed by atoms with E-state index in [4.69, 9.17) is 9.47 Å². The Morgan fingerprint density at radius 2 is 2.00 bits per heavy atom. The highest BCUT2D eigenvalue weighted by Crippen LogP contribution is 2.21. The number of aromatic amines is 1. The maximum Gasteiger partial charge on any atom is 0.335 e. The minimum atomic E-state index is -0.923. The van der Waals surface area contributed by atoms with Crippen molar-refractivity contribution in [2.24, 2.45) is 0 Å². The molecule has 1 saturated heterocycles. The fourth-order valence-electron chi connectivity index (χ4n) is 2.79. The van der Waals surface area contributed by atoms with Gasteiger partial charge in [0.2, 0.25) is 5.78 Å². The molecule has 0 bridgehead atoms. The van der Waals surface area contributed by atoms with E-state index in [1.165, 1.54) is 13.8 Å². The first-order valence-corrected chi connectivity index (χ1v) is 7.39. The van der Waals surface area contributed by atoms with Gasteiger partial charge in [-0.15, -0.1) is 0 Å². The summed E-state index contributed by atoms with van der Waals surface area (Å²) in [5, 5.41) is 0. The number of aryl methyl sites for hydroxylation is 1. The summed E-state index contributed by atoms with van der Waals surface area (Å²) >= 11 is 0. The zero-order valence-corrected chi connectivity index (χ0v) is 13.3. The molecule has 2 heterocycles. The molecule has 0 amide bonds. The van der Waals surface area contributed by atoms with Gasteiger partial charge in [-0.05, 0) is 46.1 Å². The molecule has 0 saturated carbocycles. The van der Waals surface area contributed by atoms with Crippen LogP contribution in [-0.2, 0) is 14.3 Å². The number of rotatable bonds is 5. The second-order valence-corrected chi connectivity index (χ2v) is 5.63. The van der Waals surface area contributed by atoms with Crippen molar-refractivity contribution >= 4 is 17.5 Å². The van der Waals surface area contributed by atoms with Crippen molar-refractivity contribution in [2.45, 2.75) is 52.7 Å². The van der Waals surface area contributed by atoms with Crippen molar-refractivity contribution in [1.82, 2.24) is 4.98 Å². The van der Waals surface area contributed by atoms with E-state index >= 15 is 0 Å². The molecule has 6 nitrogen and oxygen atoms in total. The van der Waals surface area contributed by atoms with Gasteiger partial charge in [0.1, 0.15) is 0 Å². The van der Waals surface area contributed by atoms with Gasteiger partial charge in [-0.3, -0.25) is 9.59 Å². The topological polar surface area (TPSA) is 85.5 Å². The monoisotopic (exact) mass is 307 g/mol. The van der Waals surface area contributed by atoms with E-state index < -0.39 is 18.2 Å². The Bertz CT molecular complexity index is 610. The van der Waals surface area contributed by atoms with Crippen molar-refractivity contribution in [3.8, 4) is 0 Å². The summed E-state index contributed by atoms with van der Waals surface area (Å²) in [6.07, 6.45) is -0.0591. The Kier molecular flexibility index (Phi) is 4.81. The highest BCUT2D eigenvalue weighted by molar-refractivity contribution is 6.05. The van der Waals surface area contributed by atoms with Gasteiger partial charge in [0.15, 0.2) is 18.0 Å². The summed E-state index contributed by atoms with van der Waals surface area (Å²) in [6, 6.07) is 0. The van der Waals surface area contributed by atoms with Crippen LogP contribution in [-0.4, -0.2) is 41.3 Å². The second-order valence-electron chi connectivity index (χ2n) is 5.63. The quantitative estimate of drug-likeness (QED) is 0.665. The minimum absolute atomic E-state index is 0.102. The number of hydrogen-bond donors (Lipinski definition) is 1. The summed E-state index contributed by atoms with van der Waals surface area (Å²) < 4.78 is 10.4. The lowest BCUT2D eigenvalue weighted by Gasteiger charge is -2.15. The van der Waals surface area contributed by atoms with Crippen LogP contribution >= 0.6 is 0 Å². The van der Waals surface area contributed by atoms with E-state index in [2.05, 4.69) is 4.98 Å². The molecule has 120 valence electrons. The Morgan fingerprint density at radius 1 is 1.32 bits per heavy atom. The van der Waals surface area contributed by atoms with Gasteiger partial charge in [0.25, 0.3) is 0 Å². The van der Waals surface area contributed by atoms with Gasteiger partial charge in [-0.2, -0.15) is 0 Å². The maximum atomic E-state index is 12.4. The SMILES string of the molecule is CC(=O)c1c(C)[nH]c(C(=O)[C@@H](C)OC(=O)[C@H]2CCCO2)c1C. The molecule has 0 aromatic carbocycles. The van der Waals surface area contributed by atoms with Crippen molar-refractivity contribution in [3.05, 3.63) is 22.5 Å². The Balaban J connectivity index is 2.12. The van der Waals surface area contributed by atoms with Crippen LogP contribution in [0.15, 0.2) is 0 Å². The summed E-state index contributed by atoms with van der Waals surface area (Å²) in [5.74, 6) is -0.958. The fourth-order valence-corrected chi connectivity index (χ4v) is 2.79. The van der Waals surface area contributed by atoms with Gasteiger partial charge in [0.05, 0.1) is 5.69 Å². The van der Waals surface area contributed by atoms with Crippen LogP contribution in [0.2, 0.25) is 0 Å². The third-order valence-corrected chi connectivity index (χ3v) is 3.89. The number of carbonyl (C=O) groups is 3. The Morgan fingerprint density at radius 3 is 2.50 bits per heavy atom. The molecule has 1 N–H and O–H groups in total. The van der Waals surface area contributed by atoms with Crippen LogP contribution in [0.25, 0.3) is 0 Å². The minimum Gasteiger partial charge on any atom is -0.452 e. The normalized spacial score (nSPS) is 19.0. The second kappa shape index (κ2) is 6.44. The maximum absolute atomic E-state index is 12.4. The summed E-state index contributed by atoms with van der Waals surface area (Å²) in [6.45, 7) is 6.97. The number of H-pyrrole nitrogens is 1. The van der Waals surface area contributed by atoms with Gasteiger partial charge < -0.3 is 14.5 Å². The number of carbonyl (C=O) groups excluding carboxylic acids is 3. The average molecular weight is 307 g/mol. The molecule has 6 heteroatoms.